The van der Waals surface area contributed by atoms with E-state index in [0.29, 0.717) is 12.3 Å². The maximum absolute atomic E-state index is 10.9. The van der Waals surface area contributed by atoms with Crippen molar-refractivity contribution in [2.75, 3.05) is 20.2 Å². The summed E-state index contributed by atoms with van der Waals surface area (Å²) in [4.78, 5) is 15.2. The zero-order valence-electron chi connectivity index (χ0n) is 17.8. The van der Waals surface area contributed by atoms with Crippen LogP contribution in [0.3, 0.4) is 0 Å². The monoisotopic (exact) mass is 396 g/mol. The van der Waals surface area contributed by atoms with E-state index < -0.39 is 5.91 Å². The van der Waals surface area contributed by atoms with Gasteiger partial charge in [0.05, 0.1) is 0 Å². The molecular formula is C23H32N4O2. The SMILES string of the molecule is CCc1ccc(C(C)(C)CNC(=NC)NCc2cccc(OCC(N)=O)c2)cc1. The van der Waals surface area contributed by atoms with Gasteiger partial charge in [-0.1, -0.05) is 57.2 Å². The van der Waals surface area contributed by atoms with E-state index in [4.69, 9.17) is 10.5 Å². The van der Waals surface area contributed by atoms with E-state index in [2.05, 4.69) is 60.7 Å². The molecule has 1 amide bonds. The van der Waals surface area contributed by atoms with Crippen molar-refractivity contribution in [3.05, 3.63) is 65.2 Å². The van der Waals surface area contributed by atoms with E-state index in [0.717, 1.165) is 24.5 Å². The summed E-state index contributed by atoms with van der Waals surface area (Å²) in [6, 6.07) is 16.3. The molecule has 0 aliphatic carbocycles. The van der Waals surface area contributed by atoms with Gasteiger partial charge in [-0.25, -0.2) is 0 Å². The molecule has 4 N–H and O–H groups in total. The number of aliphatic imine (C=N–C) groups is 1. The van der Waals surface area contributed by atoms with Crippen molar-refractivity contribution in [3.8, 4) is 5.75 Å². The number of primary amides is 1. The van der Waals surface area contributed by atoms with Gasteiger partial charge in [0.25, 0.3) is 5.91 Å². The van der Waals surface area contributed by atoms with Crippen LogP contribution in [0.2, 0.25) is 0 Å². The van der Waals surface area contributed by atoms with E-state index in [-0.39, 0.29) is 12.0 Å². The maximum atomic E-state index is 10.9. The molecule has 0 spiro atoms. The Morgan fingerprint density at radius 3 is 2.45 bits per heavy atom. The third-order valence-corrected chi connectivity index (χ3v) is 4.80. The number of nitrogens with two attached hydrogens (primary N) is 1. The van der Waals surface area contributed by atoms with Crippen LogP contribution >= 0.6 is 0 Å². The summed E-state index contributed by atoms with van der Waals surface area (Å²) in [6.45, 7) is 7.80. The van der Waals surface area contributed by atoms with Crippen molar-refractivity contribution in [2.45, 2.75) is 39.2 Å². The molecule has 2 aromatic carbocycles. The Hall–Kier alpha value is -3.02. The Labute approximate surface area is 173 Å². The Balaban J connectivity index is 1.90. The summed E-state index contributed by atoms with van der Waals surface area (Å²) in [5, 5.41) is 6.72. The average Bonchev–Trinajstić information content (AvgIpc) is 2.72. The van der Waals surface area contributed by atoms with Crippen LogP contribution in [-0.4, -0.2) is 32.1 Å². The third kappa shape index (κ3) is 7.14. The number of hydrogen-bond acceptors (Lipinski definition) is 3. The molecule has 0 saturated carbocycles. The van der Waals surface area contributed by atoms with Crippen LogP contribution in [0, 0.1) is 0 Å². The molecule has 0 aliphatic rings. The van der Waals surface area contributed by atoms with Gasteiger partial charge in [0.15, 0.2) is 12.6 Å². The highest BCUT2D eigenvalue weighted by molar-refractivity contribution is 5.79. The minimum Gasteiger partial charge on any atom is -0.484 e. The highest BCUT2D eigenvalue weighted by atomic mass is 16.5. The second-order valence-corrected chi connectivity index (χ2v) is 7.62. The van der Waals surface area contributed by atoms with Crippen molar-refractivity contribution in [3.63, 3.8) is 0 Å². The standard InChI is InChI=1S/C23H32N4O2/c1-5-17-9-11-19(12-10-17)23(2,3)16-27-22(25-4)26-14-18-7-6-8-20(13-18)29-15-21(24)28/h6-13H,5,14-16H2,1-4H3,(H2,24,28)(H2,25,26,27). The van der Waals surface area contributed by atoms with Crippen LogP contribution < -0.4 is 21.1 Å². The van der Waals surface area contributed by atoms with Crippen LogP contribution in [-0.2, 0) is 23.2 Å². The highest BCUT2D eigenvalue weighted by Crippen LogP contribution is 2.22. The van der Waals surface area contributed by atoms with Crippen molar-refractivity contribution < 1.29 is 9.53 Å². The molecule has 0 heterocycles. The summed E-state index contributed by atoms with van der Waals surface area (Å²) in [5.74, 6) is 0.847. The fraction of sp³-hybridized carbons (Fsp3) is 0.391. The van der Waals surface area contributed by atoms with Gasteiger partial charge in [-0.15, -0.1) is 0 Å². The smallest absolute Gasteiger partial charge is 0.255 e. The summed E-state index contributed by atoms with van der Waals surface area (Å²) in [6.07, 6.45) is 1.05. The Morgan fingerprint density at radius 1 is 1.10 bits per heavy atom. The number of aryl methyl sites for hydroxylation is 1. The van der Waals surface area contributed by atoms with E-state index in [1.165, 1.54) is 11.1 Å². The number of nitrogens with zero attached hydrogens (tertiary/aromatic N) is 1. The quantitative estimate of drug-likeness (QED) is 0.449. The lowest BCUT2D eigenvalue weighted by Crippen LogP contribution is -2.43. The van der Waals surface area contributed by atoms with Crippen LogP contribution in [0.5, 0.6) is 5.75 Å². The third-order valence-electron chi connectivity index (χ3n) is 4.80. The molecule has 6 heteroatoms. The van der Waals surface area contributed by atoms with Gasteiger partial charge in [-0.2, -0.15) is 0 Å². The number of benzene rings is 2. The molecule has 0 atom stereocenters. The first-order chi connectivity index (χ1) is 13.8. The fourth-order valence-corrected chi connectivity index (χ4v) is 2.90. The summed E-state index contributed by atoms with van der Waals surface area (Å²) < 4.78 is 5.35. The number of guanidine groups is 1. The molecule has 6 nitrogen and oxygen atoms in total. The predicted molar refractivity (Wildman–Crippen MR) is 118 cm³/mol. The number of ether oxygens (including phenoxy) is 1. The first-order valence-electron chi connectivity index (χ1n) is 9.88. The van der Waals surface area contributed by atoms with Gasteiger partial charge in [-0.05, 0) is 35.2 Å². The zero-order chi connectivity index (χ0) is 21.3. The van der Waals surface area contributed by atoms with Gasteiger partial charge in [0.2, 0.25) is 0 Å². The minimum atomic E-state index is -0.495. The molecule has 29 heavy (non-hydrogen) atoms. The van der Waals surface area contributed by atoms with Gasteiger partial charge in [-0.3, -0.25) is 9.79 Å². The average molecular weight is 397 g/mol. The second kappa shape index (κ2) is 10.5. The van der Waals surface area contributed by atoms with Crippen molar-refractivity contribution in [2.24, 2.45) is 10.7 Å². The number of carbonyl (C=O) groups excluding carboxylic acids is 1. The maximum Gasteiger partial charge on any atom is 0.255 e. The lowest BCUT2D eigenvalue weighted by molar-refractivity contribution is -0.119. The molecule has 156 valence electrons. The molecule has 0 fully saturated rings. The number of rotatable bonds is 9. The minimum absolute atomic E-state index is 0.0353. The fourth-order valence-electron chi connectivity index (χ4n) is 2.90. The predicted octanol–water partition coefficient (Wildman–Crippen LogP) is 2.76. The van der Waals surface area contributed by atoms with E-state index >= 15 is 0 Å². The van der Waals surface area contributed by atoms with Crippen LogP contribution in [0.15, 0.2) is 53.5 Å². The van der Waals surface area contributed by atoms with E-state index in [1.54, 1.807) is 13.1 Å². The van der Waals surface area contributed by atoms with Crippen molar-refractivity contribution >= 4 is 11.9 Å². The number of hydrogen-bond donors (Lipinski definition) is 3. The Morgan fingerprint density at radius 2 is 1.83 bits per heavy atom. The van der Waals surface area contributed by atoms with Crippen LogP contribution in [0.25, 0.3) is 0 Å². The molecule has 0 aliphatic heterocycles. The zero-order valence-corrected chi connectivity index (χ0v) is 17.8. The number of nitrogens with one attached hydrogen (secondary N) is 2. The Bertz CT molecular complexity index is 829. The first-order valence-corrected chi connectivity index (χ1v) is 9.88. The van der Waals surface area contributed by atoms with Gasteiger partial charge in [0.1, 0.15) is 5.75 Å². The molecule has 0 radical (unpaired) electrons. The van der Waals surface area contributed by atoms with Crippen molar-refractivity contribution in [1.82, 2.24) is 10.6 Å². The Kier molecular flexibility index (Phi) is 8.07. The lowest BCUT2D eigenvalue weighted by atomic mass is 9.84. The van der Waals surface area contributed by atoms with Gasteiger partial charge >= 0.3 is 0 Å². The summed E-state index contributed by atoms with van der Waals surface area (Å²) in [7, 11) is 1.75. The summed E-state index contributed by atoms with van der Waals surface area (Å²) in [5.41, 5.74) is 8.74. The van der Waals surface area contributed by atoms with Gasteiger partial charge < -0.3 is 21.1 Å². The van der Waals surface area contributed by atoms with Gasteiger partial charge in [0, 0.05) is 25.6 Å². The largest absolute Gasteiger partial charge is 0.484 e. The number of carbonyl (C=O) groups is 1. The van der Waals surface area contributed by atoms with Crippen LogP contribution in [0.4, 0.5) is 0 Å². The lowest BCUT2D eigenvalue weighted by Gasteiger charge is -2.27. The number of amides is 1. The molecule has 2 rings (SSSR count). The molecule has 2 aromatic rings. The van der Waals surface area contributed by atoms with E-state index in [1.807, 2.05) is 18.2 Å². The highest BCUT2D eigenvalue weighted by Gasteiger charge is 2.20. The molecular weight excluding hydrogens is 364 g/mol. The molecule has 0 unspecified atom stereocenters. The normalized spacial score (nSPS) is 11.8. The topological polar surface area (TPSA) is 88.7 Å². The summed E-state index contributed by atoms with van der Waals surface area (Å²) >= 11 is 0. The van der Waals surface area contributed by atoms with Crippen molar-refractivity contribution in [1.29, 1.82) is 0 Å². The first kappa shape index (κ1) is 22.3. The molecule has 0 saturated heterocycles. The molecule has 0 bridgehead atoms. The second-order valence-electron chi connectivity index (χ2n) is 7.62. The molecule has 0 aromatic heterocycles. The van der Waals surface area contributed by atoms with E-state index in [9.17, 15) is 4.79 Å². The van der Waals surface area contributed by atoms with Crippen LogP contribution in [0.1, 0.15) is 37.5 Å².